The third-order valence-corrected chi connectivity index (χ3v) is 5.50. The van der Waals surface area contributed by atoms with Gasteiger partial charge in [-0.05, 0) is 12.8 Å². The number of alkyl halides is 2. The molecule has 108 valence electrons. The summed E-state index contributed by atoms with van der Waals surface area (Å²) in [6, 6.07) is 0. The molecule has 0 spiro atoms. The molecule has 0 fully saturated rings. The van der Waals surface area contributed by atoms with Gasteiger partial charge < -0.3 is 5.32 Å². The Morgan fingerprint density at radius 1 is 1.00 bits per heavy atom. The highest BCUT2D eigenvalue weighted by Crippen LogP contribution is 2.17. The maximum atomic E-state index is 11.9. The molecular formula is C14H27Br2NO. The summed E-state index contributed by atoms with van der Waals surface area (Å²) in [7, 11) is 0. The van der Waals surface area contributed by atoms with E-state index in [0.29, 0.717) is 6.42 Å². The fourth-order valence-electron chi connectivity index (χ4n) is 1.80. The summed E-state index contributed by atoms with van der Waals surface area (Å²) in [5.74, 6) is 0.186. The van der Waals surface area contributed by atoms with E-state index in [4.69, 9.17) is 0 Å². The highest BCUT2D eigenvalue weighted by molar-refractivity contribution is 9.09. The van der Waals surface area contributed by atoms with Crippen LogP contribution in [0.2, 0.25) is 0 Å². The normalized spacial score (nSPS) is 11.6. The summed E-state index contributed by atoms with van der Waals surface area (Å²) < 4.78 is 0. The second-order valence-electron chi connectivity index (χ2n) is 4.97. The highest BCUT2D eigenvalue weighted by atomic mass is 79.9. The zero-order valence-corrected chi connectivity index (χ0v) is 14.9. The molecule has 0 aliphatic rings. The van der Waals surface area contributed by atoms with Crippen molar-refractivity contribution in [1.82, 2.24) is 5.32 Å². The largest absolute Gasteiger partial charge is 0.349 e. The van der Waals surface area contributed by atoms with E-state index in [1.165, 1.54) is 32.1 Å². The topological polar surface area (TPSA) is 29.1 Å². The van der Waals surface area contributed by atoms with Gasteiger partial charge in [0.1, 0.15) is 0 Å². The Kier molecular flexibility index (Phi) is 11.5. The van der Waals surface area contributed by atoms with E-state index in [-0.39, 0.29) is 11.4 Å². The smallest absolute Gasteiger partial charge is 0.220 e. The Bertz CT molecular complexity index is 210. The van der Waals surface area contributed by atoms with E-state index < -0.39 is 0 Å². The number of unbranched alkanes of at least 4 members (excludes halogenated alkanes) is 5. The molecule has 0 aliphatic carbocycles. The van der Waals surface area contributed by atoms with Crippen LogP contribution in [0.25, 0.3) is 0 Å². The first kappa shape index (κ1) is 18.4. The first-order valence-corrected chi connectivity index (χ1v) is 9.31. The molecule has 0 bridgehead atoms. The highest BCUT2D eigenvalue weighted by Gasteiger charge is 2.27. The van der Waals surface area contributed by atoms with Crippen molar-refractivity contribution in [3.8, 4) is 0 Å². The van der Waals surface area contributed by atoms with Crippen LogP contribution in [0, 0.1) is 0 Å². The number of carbonyl (C=O) groups excluding carboxylic acids is 1. The maximum Gasteiger partial charge on any atom is 0.220 e. The molecular weight excluding hydrogens is 358 g/mol. The van der Waals surface area contributed by atoms with Gasteiger partial charge in [0.05, 0.1) is 5.54 Å². The average Bonchev–Trinajstić information content (AvgIpc) is 2.40. The predicted molar refractivity (Wildman–Crippen MR) is 86.7 cm³/mol. The van der Waals surface area contributed by atoms with Crippen molar-refractivity contribution in [3.63, 3.8) is 0 Å². The number of halogens is 2. The minimum Gasteiger partial charge on any atom is -0.349 e. The molecule has 4 heteroatoms. The molecule has 18 heavy (non-hydrogen) atoms. The number of rotatable bonds is 11. The van der Waals surface area contributed by atoms with Crippen molar-refractivity contribution in [3.05, 3.63) is 0 Å². The summed E-state index contributed by atoms with van der Waals surface area (Å²) in [6.07, 6.45) is 8.94. The van der Waals surface area contributed by atoms with Gasteiger partial charge in [-0.1, -0.05) is 77.8 Å². The Hall–Kier alpha value is 0.430. The van der Waals surface area contributed by atoms with Crippen LogP contribution in [-0.2, 0) is 4.79 Å². The average molecular weight is 385 g/mol. The number of nitrogens with one attached hydrogen (secondary N) is 1. The second-order valence-corrected chi connectivity index (χ2v) is 6.09. The molecule has 0 radical (unpaired) electrons. The maximum absolute atomic E-state index is 11.9. The van der Waals surface area contributed by atoms with Gasteiger partial charge in [-0.2, -0.15) is 0 Å². The lowest BCUT2D eigenvalue weighted by molar-refractivity contribution is -0.122. The quantitative estimate of drug-likeness (QED) is 0.402. The van der Waals surface area contributed by atoms with Gasteiger partial charge in [-0.3, -0.25) is 4.79 Å². The third kappa shape index (κ3) is 7.78. The van der Waals surface area contributed by atoms with Crippen LogP contribution in [0.4, 0.5) is 0 Å². The monoisotopic (exact) mass is 383 g/mol. The van der Waals surface area contributed by atoms with Crippen molar-refractivity contribution in [2.45, 2.75) is 70.8 Å². The molecule has 0 atom stereocenters. The molecule has 0 saturated heterocycles. The van der Waals surface area contributed by atoms with Crippen molar-refractivity contribution in [2.75, 3.05) is 10.7 Å². The van der Waals surface area contributed by atoms with Crippen LogP contribution in [0.5, 0.6) is 0 Å². The Morgan fingerprint density at radius 2 is 1.56 bits per heavy atom. The lowest BCUT2D eigenvalue weighted by Gasteiger charge is -2.30. The summed E-state index contributed by atoms with van der Waals surface area (Å²) in [4.78, 5) is 11.9. The fraction of sp³-hybridized carbons (Fsp3) is 0.929. The molecule has 1 amide bonds. The molecule has 0 aromatic rings. The third-order valence-electron chi connectivity index (χ3n) is 3.35. The van der Waals surface area contributed by atoms with Crippen LogP contribution in [0.1, 0.15) is 65.2 Å². The van der Waals surface area contributed by atoms with Crippen LogP contribution < -0.4 is 5.32 Å². The molecule has 1 N–H and O–H groups in total. The molecule has 0 aromatic heterocycles. The molecule has 0 saturated carbocycles. The zero-order valence-electron chi connectivity index (χ0n) is 11.7. The van der Waals surface area contributed by atoms with Crippen molar-refractivity contribution in [2.24, 2.45) is 0 Å². The van der Waals surface area contributed by atoms with Crippen molar-refractivity contribution < 1.29 is 4.79 Å². The molecule has 0 heterocycles. The minimum absolute atomic E-state index is 0.126. The lowest BCUT2D eigenvalue weighted by Crippen LogP contribution is -2.51. The number of hydrogen-bond acceptors (Lipinski definition) is 1. The van der Waals surface area contributed by atoms with E-state index in [1.807, 2.05) is 0 Å². The number of carbonyl (C=O) groups is 1. The van der Waals surface area contributed by atoms with Gasteiger partial charge in [0.2, 0.25) is 5.91 Å². The van der Waals surface area contributed by atoms with Gasteiger partial charge in [0.15, 0.2) is 0 Å². The van der Waals surface area contributed by atoms with Crippen LogP contribution in [0.15, 0.2) is 0 Å². The molecule has 0 aromatic carbocycles. The predicted octanol–water partition coefficient (Wildman–Crippen LogP) is 4.79. The standard InChI is InChI=1S/C14H27Br2NO/c1-3-5-6-7-8-9-10-13(18)17-14(4-2,11-15)12-16/h3-12H2,1-2H3,(H,17,18). The van der Waals surface area contributed by atoms with Gasteiger partial charge in [-0.25, -0.2) is 0 Å². The first-order valence-electron chi connectivity index (χ1n) is 7.07. The molecule has 0 rings (SSSR count). The lowest BCUT2D eigenvalue weighted by atomic mass is 10.0. The van der Waals surface area contributed by atoms with E-state index >= 15 is 0 Å². The van der Waals surface area contributed by atoms with Gasteiger partial charge in [-0.15, -0.1) is 0 Å². The van der Waals surface area contributed by atoms with Crippen LogP contribution in [0.3, 0.4) is 0 Å². The molecule has 0 aliphatic heterocycles. The fourth-order valence-corrected chi connectivity index (χ4v) is 3.81. The molecule has 2 nitrogen and oxygen atoms in total. The van der Waals surface area contributed by atoms with Gasteiger partial charge >= 0.3 is 0 Å². The second kappa shape index (κ2) is 11.3. The zero-order chi connectivity index (χ0) is 13.9. The minimum atomic E-state index is -0.126. The Morgan fingerprint density at radius 3 is 2.06 bits per heavy atom. The summed E-state index contributed by atoms with van der Waals surface area (Å²) >= 11 is 6.97. The summed E-state index contributed by atoms with van der Waals surface area (Å²) in [6.45, 7) is 4.33. The summed E-state index contributed by atoms with van der Waals surface area (Å²) in [5.41, 5.74) is -0.126. The Balaban J connectivity index is 3.76. The number of amides is 1. The molecule has 0 unspecified atom stereocenters. The van der Waals surface area contributed by atoms with Crippen LogP contribution >= 0.6 is 31.9 Å². The van der Waals surface area contributed by atoms with Gasteiger partial charge in [0, 0.05) is 17.1 Å². The van der Waals surface area contributed by atoms with Gasteiger partial charge in [0.25, 0.3) is 0 Å². The van der Waals surface area contributed by atoms with E-state index in [2.05, 4.69) is 51.0 Å². The van der Waals surface area contributed by atoms with E-state index in [9.17, 15) is 4.79 Å². The van der Waals surface area contributed by atoms with E-state index in [0.717, 1.165) is 23.5 Å². The van der Waals surface area contributed by atoms with Crippen LogP contribution in [-0.4, -0.2) is 22.1 Å². The first-order chi connectivity index (χ1) is 8.64. The van der Waals surface area contributed by atoms with Crippen molar-refractivity contribution in [1.29, 1.82) is 0 Å². The van der Waals surface area contributed by atoms with E-state index in [1.54, 1.807) is 0 Å². The van der Waals surface area contributed by atoms with Crippen molar-refractivity contribution >= 4 is 37.8 Å². The SMILES string of the molecule is CCCCCCCCC(=O)NC(CC)(CBr)CBr. The Labute approximate surface area is 129 Å². The number of hydrogen-bond donors (Lipinski definition) is 1. The summed E-state index contributed by atoms with van der Waals surface area (Å²) in [5, 5.41) is 4.74.